The maximum atomic E-state index is 12.5. The lowest BCUT2D eigenvalue weighted by molar-refractivity contribution is 0.00461. The summed E-state index contributed by atoms with van der Waals surface area (Å²) in [6, 6.07) is 1.25. The van der Waals surface area contributed by atoms with Crippen LogP contribution in [0.5, 0.6) is 0 Å². The van der Waals surface area contributed by atoms with Gasteiger partial charge in [0.15, 0.2) is 0 Å². The summed E-state index contributed by atoms with van der Waals surface area (Å²) >= 11 is 0. The van der Waals surface area contributed by atoms with E-state index < -0.39 is 5.60 Å². The highest BCUT2D eigenvalue weighted by molar-refractivity contribution is 5.69. The van der Waals surface area contributed by atoms with Crippen molar-refractivity contribution in [3.63, 3.8) is 0 Å². The fourth-order valence-corrected chi connectivity index (χ4v) is 4.39. The molecule has 0 saturated carbocycles. The molecular weight excluding hydrogens is 318 g/mol. The fraction of sp³-hybridized carbons (Fsp3) is 0.947. The summed E-state index contributed by atoms with van der Waals surface area (Å²) in [4.78, 5) is 17.0. The second-order valence-corrected chi connectivity index (χ2v) is 8.70. The van der Waals surface area contributed by atoms with Crippen molar-refractivity contribution >= 4 is 6.09 Å². The van der Waals surface area contributed by atoms with Crippen molar-refractivity contribution in [3.05, 3.63) is 0 Å². The largest absolute Gasteiger partial charge is 0.444 e. The number of nitrogens with one attached hydrogen (secondary N) is 1. The normalized spacial score (nSPS) is 30.5. The molecule has 0 aliphatic carbocycles. The number of piperidine rings is 1. The van der Waals surface area contributed by atoms with Crippen molar-refractivity contribution in [2.24, 2.45) is 0 Å². The van der Waals surface area contributed by atoms with Crippen molar-refractivity contribution in [3.8, 4) is 0 Å². The van der Waals surface area contributed by atoms with Crippen LogP contribution >= 0.6 is 0 Å². The number of hydrogen-bond acceptors (Lipinski definition) is 5. The minimum atomic E-state index is -0.412. The van der Waals surface area contributed by atoms with Crippen molar-refractivity contribution in [1.82, 2.24) is 15.1 Å². The molecule has 3 aliphatic heterocycles. The predicted octanol–water partition coefficient (Wildman–Crippen LogP) is 2.23. The van der Waals surface area contributed by atoms with Crippen LogP contribution in [0, 0.1) is 0 Å². The first-order valence-corrected chi connectivity index (χ1v) is 9.97. The Hall–Kier alpha value is -0.850. The van der Waals surface area contributed by atoms with Crippen LogP contribution in [-0.4, -0.2) is 79.0 Å². The minimum absolute atomic E-state index is 0.120. The number of nitrogens with zero attached hydrogens (tertiary/aromatic N) is 2. The molecule has 0 aromatic carbocycles. The average Bonchev–Trinajstić information content (AvgIpc) is 2.82. The van der Waals surface area contributed by atoms with Crippen LogP contribution in [0.2, 0.25) is 0 Å². The Morgan fingerprint density at radius 2 is 1.80 bits per heavy atom. The zero-order chi connectivity index (χ0) is 17.9. The number of rotatable bonds is 5. The van der Waals surface area contributed by atoms with E-state index in [4.69, 9.17) is 9.47 Å². The van der Waals surface area contributed by atoms with E-state index in [0.29, 0.717) is 18.1 Å². The molecule has 3 heterocycles. The summed E-state index contributed by atoms with van der Waals surface area (Å²) in [6.45, 7) is 11.9. The Bertz CT molecular complexity index is 432. The number of morpholine rings is 1. The number of ether oxygens (including phenoxy) is 2. The highest BCUT2D eigenvalue weighted by Crippen LogP contribution is 2.36. The Labute approximate surface area is 152 Å². The highest BCUT2D eigenvalue weighted by atomic mass is 16.6. The lowest BCUT2D eigenvalue weighted by Gasteiger charge is -2.39. The summed E-state index contributed by atoms with van der Waals surface area (Å²) in [6.07, 6.45) is 5.43. The first kappa shape index (κ1) is 18.9. The van der Waals surface area contributed by atoms with Crippen LogP contribution in [0.15, 0.2) is 0 Å². The molecule has 3 aliphatic rings. The Balaban J connectivity index is 1.38. The molecule has 25 heavy (non-hydrogen) atoms. The van der Waals surface area contributed by atoms with Gasteiger partial charge in [-0.2, -0.15) is 0 Å². The molecule has 3 fully saturated rings. The second-order valence-electron chi connectivity index (χ2n) is 8.70. The Kier molecular flexibility index (Phi) is 6.23. The van der Waals surface area contributed by atoms with Crippen LogP contribution in [0.25, 0.3) is 0 Å². The topological polar surface area (TPSA) is 54.0 Å². The highest BCUT2D eigenvalue weighted by Gasteiger charge is 2.44. The van der Waals surface area contributed by atoms with Crippen LogP contribution in [0.1, 0.15) is 52.9 Å². The van der Waals surface area contributed by atoms with Gasteiger partial charge in [-0.05, 0) is 66.0 Å². The zero-order valence-electron chi connectivity index (χ0n) is 16.1. The minimum Gasteiger partial charge on any atom is -0.444 e. The number of fused-ring (bicyclic) bond motifs is 2. The number of amides is 1. The van der Waals surface area contributed by atoms with Gasteiger partial charge in [0.2, 0.25) is 0 Å². The number of carbonyl (C=O) groups excluding carboxylic acids is 1. The van der Waals surface area contributed by atoms with E-state index in [0.717, 1.165) is 65.1 Å². The van der Waals surface area contributed by atoms with E-state index in [1.54, 1.807) is 0 Å². The monoisotopic (exact) mass is 353 g/mol. The number of carbonyl (C=O) groups is 1. The molecular formula is C19H35N3O3. The van der Waals surface area contributed by atoms with Gasteiger partial charge in [0, 0.05) is 31.2 Å². The molecule has 2 atom stereocenters. The SMILES string of the molecule is CC(C)(C)OC(=O)N1C2CCC1CC(NCCCN1CCOCC1)C2. The van der Waals surface area contributed by atoms with E-state index in [1.807, 2.05) is 25.7 Å². The molecule has 1 amide bonds. The molecule has 6 nitrogen and oxygen atoms in total. The van der Waals surface area contributed by atoms with Crippen molar-refractivity contribution in [2.45, 2.75) is 76.6 Å². The predicted molar refractivity (Wildman–Crippen MR) is 97.8 cm³/mol. The standard InChI is InChI=1S/C19H35N3O3/c1-19(2,3)25-18(23)22-16-5-6-17(22)14-15(13-16)20-7-4-8-21-9-11-24-12-10-21/h15-17,20H,4-14H2,1-3H3. The first-order chi connectivity index (χ1) is 11.9. The van der Waals surface area contributed by atoms with Crippen molar-refractivity contribution in [2.75, 3.05) is 39.4 Å². The summed E-state index contributed by atoms with van der Waals surface area (Å²) in [7, 11) is 0. The molecule has 2 bridgehead atoms. The van der Waals surface area contributed by atoms with Crippen molar-refractivity contribution in [1.29, 1.82) is 0 Å². The van der Waals surface area contributed by atoms with Crippen molar-refractivity contribution < 1.29 is 14.3 Å². The lowest BCUT2D eigenvalue weighted by Crippen LogP contribution is -2.52. The summed E-state index contributed by atoms with van der Waals surface area (Å²) < 4.78 is 11.0. The fourth-order valence-electron chi connectivity index (χ4n) is 4.39. The second kappa shape index (κ2) is 8.23. The third-order valence-electron chi connectivity index (χ3n) is 5.53. The molecule has 3 rings (SSSR count). The van der Waals surface area contributed by atoms with Crippen LogP contribution in [0.3, 0.4) is 0 Å². The van der Waals surface area contributed by atoms with Crippen LogP contribution in [-0.2, 0) is 9.47 Å². The first-order valence-electron chi connectivity index (χ1n) is 9.97. The molecule has 1 N–H and O–H groups in total. The van der Waals surface area contributed by atoms with Gasteiger partial charge in [0.25, 0.3) is 0 Å². The van der Waals surface area contributed by atoms with Crippen LogP contribution < -0.4 is 5.32 Å². The van der Waals surface area contributed by atoms with Crippen LogP contribution in [0.4, 0.5) is 4.79 Å². The molecule has 0 spiro atoms. The van der Waals surface area contributed by atoms with Gasteiger partial charge in [-0.3, -0.25) is 4.90 Å². The van der Waals surface area contributed by atoms with E-state index >= 15 is 0 Å². The molecule has 144 valence electrons. The molecule has 2 unspecified atom stereocenters. The molecule has 6 heteroatoms. The van der Waals surface area contributed by atoms with Gasteiger partial charge in [-0.1, -0.05) is 0 Å². The van der Waals surface area contributed by atoms with Gasteiger partial charge < -0.3 is 19.7 Å². The van der Waals surface area contributed by atoms with Gasteiger partial charge >= 0.3 is 6.09 Å². The smallest absolute Gasteiger partial charge is 0.410 e. The maximum Gasteiger partial charge on any atom is 0.410 e. The molecule has 0 aromatic rings. The average molecular weight is 354 g/mol. The van der Waals surface area contributed by atoms with Gasteiger partial charge in [-0.15, -0.1) is 0 Å². The van der Waals surface area contributed by atoms with Gasteiger partial charge in [0.05, 0.1) is 13.2 Å². The summed E-state index contributed by atoms with van der Waals surface area (Å²) in [5, 5.41) is 3.73. The Morgan fingerprint density at radius 1 is 1.16 bits per heavy atom. The Morgan fingerprint density at radius 3 is 2.40 bits per heavy atom. The summed E-state index contributed by atoms with van der Waals surface area (Å²) in [5.41, 5.74) is -0.412. The van der Waals surface area contributed by atoms with E-state index in [2.05, 4.69) is 10.2 Å². The van der Waals surface area contributed by atoms with E-state index in [-0.39, 0.29) is 6.09 Å². The third-order valence-corrected chi connectivity index (χ3v) is 5.53. The number of hydrogen-bond donors (Lipinski definition) is 1. The lowest BCUT2D eigenvalue weighted by atomic mass is 9.97. The maximum absolute atomic E-state index is 12.5. The van der Waals surface area contributed by atoms with Gasteiger partial charge in [0.1, 0.15) is 5.60 Å². The quantitative estimate of drug-likeness (QED) is 0.768. The molecule has 0 radical (unpaired) electrons. The summed E-state index contributed by atoms with van der Waals surface area (Å²) in [5.74, 6) is 0. The van der Waals surface area contributed by atoms with E-state index in [1.165, 1.54) is 6.42 Å². The van der Waals surface area contributed by atoms with E-state index in [9.17, 15) is 4.79 Å². The third kappa shape index (κ3) is 5.31. The molecule has 3 saturated heterocycles. The molecule has 0 aromatic heterocycles. The van der Waals surface area contributed by atoms with Gasteiger partial charge in [-0.25, -0.2) is 4.79 Å². The zero-order valence-corrected chi connectivity index (χ0v) is 16.1.